The van der Waals surface area contributed by atoms with Gasteiger partial charge in [-0.05, 0) is 67.6 Å². The average molecular weight is 424 g/mol. The van der Waals surface area contributed by atoms with Gasteiger partial charge in [-0.15, -0.1) is 0 Å². The molecule has 0 bridgehead atoms. The van der Waals surface area contributed by atoms with Gasteiger partial charge in [0.1, 0.15) is 0 Å². The molecular weight excluding hydrogens is 402 g/mol. The maximum Gasteiger partial charge on any atom is 0.232 e. The number of Topliss-reactive ketones (excluding diaryl/α,β-unsaturated/α-hetero) is 1. The third kappa shape index (κ3) is 3.39. The summed E-state index contributed by atoms with van der Waals surface area (Å²) in [6.45, 7) is 4.08. The number of halogens is 1. The molecular formula is C23H22BrNO2. The number of amides is 1. The molecule has 4 heteroatoms. The molecule has 27 heavy (non-hydrogen) atoms. The summed E-state index contributed by atoms with van der Waals surface area (Å²) >= 11 is 3.52. The number of benzene rings is 2. The Hall–Kier alpha value is -2.20. The lowest BCUT2D eigenvalue weighted by atomic mass is 9.77. The highest BCUT2D eigenvalue weighted by Crippen LogP contribution is 2.43. The zero-order chi connectivity index (χ0) is 19.1. The van der Waals surface area contributed by atoms with Crippen molar-refractivity contribution in [2.75, 3.05) is 4.90 Å². The zero-order valence-electron chi connectivity index (χ0n) is 15.6. The summed E-state index contributed by atoms with van der Waals surface area (Å²) in [6.07, 6.45) is 2.47. The normalized spacial score (nSPS) is 20.1. The van der Waals surface area contributed by atoms with E-state index in [9.17, 15) is 9.59 Å². The molecule has 0 N–H and O–H groups in total. The number of aryl methyl sites for hydroxylation is 2. The van der Waals surface area contributed by atoms with Gasteiger partial charge in [0, 0.05) is 40.2 Å². The number of carbonyl (C=O) groups is 2. The zero-order valence-corrected chi connectivity index (χ0v) is 17.2. The van der Waals surface area contributed by atoms with Crippen LogP contribution in [0.3, 0.4) is 0 Å². The number of hydrogen-bond acceptors (Lipinski definition) is 2. The van der Waals surface area contributed by atoms with Gasteiger partial charge < -0.3 is 0 Å². The predicted molar refractivity (Wildman–Crippen MR) is 111 cm³/mol. The van der Waals surface area contributed by atoms with E-state index >= 15 is 0 Å². The van der Waals surface area contributed by atoms with Crippen molar-refractivity contribution in [1.29, 1.82) is 0 Å². The SMILES string of the molecule is Cc1cc(C)cc(N2C(=O)CC(c3cccc(Br)c3)C3=C2CCCC3=O)c1. The maximum absolute atomic E-state index is 13.2. The van der Waals surface area contributed by atoms with Crippen LogP contribution in [0.1, 0.15) is 48.3 Å². The first kappa shape index (κ1) is 18.2. The van der Waals surface area contributed by atoms with E-state index in [1.807, 2.05) is 50.2 Å². The summed E-state index contributed by atoms with van der Waals surface area (Å²) < 4.78 is 0.967. The van der Waals surface area contributed by atoms with Crippen LogP contribution >= 0.6 is 15.9 Å². The summed E-state index contributed by atoms with van der Waals surface area (Å²) in [5.41, 5.74) is 5.89. The van der Waals surface area contributed by atoms with Crippen molar-refractivity contribution in [3.8, 4) is 0 Å². The largest absolute Gasteiger partial charge is 0.294 e. The van der Waals surface area contributed by atoms with E-state index in [1.165, 1.54) is 0 Å². The third-order valence-corrected chi connectivity index (χ3v) is 5.88. The van der Waals surface area contributed by atoms with Crippen molar-refractivity contribution in [3.05, 3.63) is 74.9 Å². The topological polar surface area (TPSA) is 37.4 Å². The molecule has 1 aliphatic carbocycles. The Morgan fingerprint density at radius 2 is 1.74 bits per heavy atom. The first-order valence-corrected chi connectivity index (χ1v) is 10.2. The van der Waals surface area contributed by atoms with Gasteiger partial charge in [0.15, 0.2) is 5.78 Å². The van der Waals surface area contributed by atoms with Gasteiger partial charge in [-0.3, -0.25) is 14.5 Å². The van der Waals surface area contributed by atoms with Crippen molar-refractivity contribution in [2.45, 2.75) is 45.4 Å². The second kappa shape index (κ2) is 7.08. The minimum absolute atomic E-state index is 0.0680. The smallest absolute Gasteiger partial charge is 0.232 e. The second-order valence-corrected chi connectivity index (χ2v) is 8.44. The van der Waals surface area contributed by atoms with Crippen molar-refractivity contribution in [3.63, 3.8) is 0 Å². The van der Waals surface area contributed by atoms with E-state index in [2.05, 4.69) is 22.0 Å². The van der Waals surface area contributed by atoms with Crippen molar-refractivity contribution < 1.29 is 9.59 Å². The highest BCUT2D eigenvalue weighted by molar-refractivity contribution is 9.10. The fraction of sp³-hybridized carbons (Fsp3) is 0.304. The van der Waals surface area contributed by atoms with E-state index in [4.69, 9.17) is 0 Å². The summed E-state index contributed by atoms with van der Waals surface area (Å²) in [5, 5.41) is 0. The molecule has 0 saturated carbocycles. The molecule has 2 aromatic carbocycles. The van der Waals surface area contributed by atoms with E-state index in [0.717, 1.165) is 51.0 Å². The van der Waals surface area contributed by atoms with E-state index in [1.54, 1.807) is 4.90 Å². The lowest BCUT2D eigenvalue weighted by Crippen LogP contribution is -2.40. The van der Waals surface area contributed by atoms with Crippen LogP contribution in [0.2, 0.25) is 0 Å². The molecule has 1 heterocycles. The first-order chi connectivity index (χ1) is 12.9. The molecule has 1 aliphatic heterocycles. The molecule has 0 fully saturated rings. The maximum atomic E-state index is 13.2. The fourth-order valence-corrected chi connectivity index (χ4v) is 4.80. The molecule has 0 aromatic heterocycles. The van der Waals surface area contributed by atoms with Gasteiger partial charge >= 0.3 is 0 Å². The van der Waals surface area contributed by atoms with E-state index in [-0.39, 0.29) is 17.6 Å². The highest BCUT2D eigenvalue weighted by Gasteiger charge is 2.39. The van der Waals surface area contributed by atoms with Gasteiger partial charge in [-0.2, -0.15) is 0 Å². The molecule has 1 unspecified atom stereocenters. The molecule has 2 aliphatic rings. The van der Waals surface area contributed by atoms with Crippen LogP contribution in [0.25, 0.3) is 0 Å². The Labute approximate surface area is 168 Å². The summed E-state index contributed by atoms with van der Waals surface area (Å²) in [5.74, 6) is 0.0986. The second-order valence-electron chi connectivity index (χ2n) is 7.52. The molecule has 1 atom stereocenters. The minimum Gasteiger partial charge on any atom is -0.294 e. The monoisotopic (exact) mass is 423 g/mol. The van der Waals surface area contributed by atoms with E-state index in [0.29, 0.717) is 12.8 Å². The van der Waals surface area contributed by atoms with Crippen molar-refractivity contribution in [1.82, 2.24) is 0 Å². The number of hydrogen-bond donors (Lipinski definition) is 0. The van der Waals surface area contributed by atoms with Crippen LogP contribution in [0.15, 0.2) is 58.2 Å². The summed E-state index contributed by atoms with van der Waals surface area (Å²) in [7, 11) is 0. The van der Waals surface area contributed by atoms with Crippen LogP contribution in [-0.2, 0) is 9.59 Å². The van der Waals surface area contributed by atoms with Crippen molar-refractivity contribution >= 4 is 33.3 Å². The molecule has 3 nitrogen and oxygen atoms in total. The van der Waals surface area contributed by atoms with Crippen LogP contribution in [0, 0.1) is 13.8 Å². The Morgan fingerprint density at radius 1 is 1.00 bits per heavy atom. The predicted octanol–water partition coefficient (Wildman–Crippen LogP) is 5.59. The number of allylic oxidation sites excluding steroid dienone is 2. The van der Waals surface area contributed by atoms with Crippen LogP contribution in [-0.4, -0.2) is 11.7 Å². The third-order valence-electron chi connectivity index (χ3n) is 5.39. The highest BCUT2D eigenvalue weighted by atomic mass is 79.9. The number of rotatable bonds is 2. The van der Waals surface area contributed by atoms with Gasteiger partial charge in [0.25, 0.3) is 0 Å². The molecule has 0 saturated heterocycles. The molecule has 0 radical (unpaired) electrons. The molecule has 138 valence electrons. The minimum atomic E-state index is -0.153. The lowest BCUT2D eigenvalue weighted by molar-refractivity contribution is -0.119. The Morgan fingerprint density at radius 3 is 2.44 bits per heavy atom. The van der Waals surface area contributed by atoms with Crippen LogP contribution < -0.4 is 4.90 Å². The molecule has 0 spiro atoms. The Balaban J connectivity index is 1.88. The number of ketones is 1. The van der Waals surface area contributed by atoms with E-state index < -0.39 is 0 Å². The van der Waals surface area contributed by atoms with Crippen LogP contribution in [0.4, 0.5) is 5.69 Å². The van der Waals surface area contributed by atoms with Gasteiger partial charge in [0.2, 0.25) is 5.91 Å². The summed E-state index contributed by atoms with van der Waals surface area (Å²) in [6, 6.07) is 14.1. The van der Waals surface area contributed by atoms with Crippen molar-refractivity contribution in [2.24, 2.45) is 0 Å². The molecule has 2 aromatic rings. The summed E-state index contributed by atoms with van der Waals surface area (Å²) in [4.78, 5) is 27.9. The number of nitrogens with zero attached hydrogens (tertiary/aromatic N) is 1. The molecule has 1 amide bonds. The van der Waals surface area contributed by atoms with Gasteiger partial charge in [0.05, 0.1) is 0 Å². The van der Waals surface area contributed by atoms with Gasteiger partial charge in [-0.1, -0.05) is 34.1 Å². The van der Waals surface area contributed by atoms with Gasteiger partial charge in [-0.25, -0.2) is 0 Å². The van der Waals surface area contributed by atoms with Crippen LogP contribution in [0.5, 0.6) is 0 Å². The molecule has 4 rings (SSSR count). The Bertz CT molecular complexity index is 956. The number of anilines is 1. The number of carbonyl (C=O) groups excluding carboxylic acids is 2. The fourth-order valence-electron chi connectivity index (χ4n) is 4.38. The average Bonchev–Trinajstić information content (AvgIpc) is 2.60. The Kier molecular flexibility index (Phi) is 4.77. The lowest BCUT2D eigenvalue weighted by Gasteiger charge is -2.38. The quantitative estimate of drug-likeness (QED) is 0.630. The first-order valence-electron chi connectivity index (χ1n) is 9.37. The standard InChI is InChI=1S/C23H22BrNO2/c1-14-9-15(2)11-18(10-14)25-20-7-4-8-21(26)23(20)19(13-22(25)27)16-5-3-6-17(24)12-16/h3,5-6,9-12,19H,4,7-8,13H2,1-2H3.